The molecule has 0 saturated carbocycles. The van der Waals surface area contributed by atoms with Crippen LogP contribution in [0.2, 0.25) is 15.1 Å². The second-order valence-electron chi connectivity index (χ2n) is 17.5. The minimum absolute atomic E-state index is 0.124. The highest BCUT2D eigenvalue weighted by atomic mass is 35.5. The predicted molar refractivity (Wildman–Crippen MR) is 295 cm³/mol. The van der Waals surface area contributed by atoms with Crippen molar-refractivity contribution in [1.29, 1.82) is 0 Å². The molecular weight excluding hydrogens is 1100 g/mol. The molecule has 3 aromatic carbocycles. The van der Waals surface area contributed by atoms with Gasteiger partial charge >= 0.3 is 18.1 Å². The van der Waals surface area contributed by atoms with Gasteiger partial charge in [0.05, 0.1) is 29.5 Å². The Kier molecular flexibility index (Phi) is 16.1. The van der Waals surface area contributed by atoms with Crippen LogP contribution >= 0.6 is 68.8 Å². The Morgan fingerprint density at radius 3 is 1.37 bits per heavy atom. The lowest BCUT2D eigenvalue weighted by Gasteiger charge is -2.27. The first kappa shape index (κ1) is 52.2. The van der Waals surface area contributed by atoms with Gasteiger partial charge in [-0.3, -0.25) is 15.3 Å². The minimum Gasteiger partial charge on any atom is -0.320 e. The van der Waals surface area contributed by atoms with E-state index in [4.69, 9.17) is 34.8 Å². The molecule has 12 rings (SSSR count). The highest BCUT2D eigenvalue weighted by Crippen LogP contribution is 2.35. The molecule has 3 aliphatic heterocycles. The number of rotatable bonds is 7. The van der Waals surface area contributed by atoms with Gasteiger partial charge in [-0.2, -0.15) is 15.3 Å². The van der Waals surface area contributed by atoms with Crippen LogP contribution in [0, 0.1) is 6.92 Å². The first-order valence-corrected chi connectivity index (χ1v) is 27.4. The fourth-order valence-corrected chi connectivity index (χ4v) is 11.3. The molecule has 0 fully saturated rings. The van der Waals surface area contributed by atoms with Gasteiger partial charge in [-0.15, -0.1) is 34.0 Å². The average molecular weight is 1140 g/mol. The Morgan fingerprint density at radius 2 is 0.987 bits per heavy atom. The van der Waals surface area contributed by atoms with Crippen LogP contribution in [0.1, 0.15) is 50.2 Å². The topological polar surface area (TPSA) is 209 Å². The van der Waals surface area contributed by atoms with E-state index in [-0.39, 0.29) is 23.1 Å². The number of thiophene rings is 1. The smallest absolute Gasteiger partial charge is 0.320 e. The summed E-state index contributed by atoms with van der Waals surface area (Å²) in [6.07, 6.45) is -0.499. The molecule has 6 aromatic heterocycles. The van der Waals surface area contributed by atoms with Crippen LogP contribution in [0.25, 0.3) is 33.3 Å². The molecule has 0 aliphatic carbocycles. The largest absolute Gasteiger partial charge is 0.322 e. The Bertz CT molecular complexity index is 3520. The minimum atomic E-state index is -2.61. The van der Waals surface area contributed by atoms with Gasteiger partial charge in [0, 0.05) is 116 Å². The number of H-pyrrole nitrogens is 3. The number of urea groups is 3. The number of hydrogen-bond acceptors (Lipinski definition) is 11. The molecule has 25 heteroatoms. The maximum Gasteiger partial charge on any atom is 0.322 e. The van der Waals surface area contributed by atoms with E-state index in [0.29, 0.717) is 89.2 Å². The monoisotopic (exact) mass is 1140 g/mol. The van der Waals surface area contributed by atoms with Crippen molar-refractivity contribution in [2.24, 2.45) is 0 Å². The summed E-state index contributed by atoms with van der Waals surface area (Å²) in [7, 11) is 0. The van der Waals surface area contributed by atoms with Crippen molar-refractivity contribution < 1.29 is 23.2 Å². The van der Waals surface area contributed by atoms with E-state index >= 15 is 0 Å². The number of carbonyl (C=O) groups excluding carboxylic acids is 3. The Morgan fingerprint density at radius 1 is 0.566 bits per heavy atom. The molecule has 17 nitrogen and oxygen atoms in total. The molecule has 0 saturated heterocycles. The van der Waals surface area contributed by atoms with Gasteiger partial charge in [0.2, 0.25) is 0 Å². The summed E-state index contributed by atoms with van der Waals surface area (Å²) in [6.45, 7) is 5.14. The van der Waals surface area contributed by atoms with Crippen molar-refractivity contribution in [1.82, 2.24) is 55.3 Å². The molecule has 0 radical (unpaired) electrons. The number of anilines is 3. The van der Waals surface area contributed by atoms with Gasteiger partial charge in [-0.05, 0) is 73.0 Å². The van der Waals surface area contributed by atoms with Gasteiger partial charge in [0.1, 0.15) is 28.5 Å². The fourth-order valence-electron chi connectivity index (χ4n) is 8.72. The number of amides is 6. The lowest BCUT2D eigenvalue weighted by atomic mass is 10.0. The van der Waals surface area contributed by atoms with Gasteiger partial charge in [0.15, 0.2) is 5.01 Å². The summed E-state index contributed by atoms with van der Waals surface area (Å²) >= 11 is 22.0. The number of aromatic amines is 3. The molecule has 6 amide bonds. The van der Waals surface area contributed by atoms with E-state index in [2.05, 4.69) is 56.5 Å². The third-order valence-electron chi connectivity index (χ3n) is 12.5. The van der Waals surface area contributed by atoms with Crippen LogP contribution in [0.5, 0.6) is 0 Å². The van der Waals surface area contributed by atoms with Crippen molar-refractivity contribution in [3.05, 3.63) is 160 Å². The Hall–Kier alpha value is -7.21. The van der Waals surface area contributed by atoms with E-state index in [0.717, 1.165) is 84.9 Å². The highest BCUT2D eigenvalue weighted by Gasteiger charge is 2.30. The van der Waals surface area contributed by atoms with Crippen LogP contribution in [0.4, 0.5) is 40.2 Å². The predicted octanol–water partition coefficient (Wildman–Crippen LogP) is 13.2. The zero-order valence-corrected chi connectivity index (χ0v) is 44.9. The number of aryl methyl sites for hydroxylation is 1. The zero-order valence-electron chi connectivity index (χ0n) is 40.2. The molecule has 9 aromatic rings. The molecule has 3 aliphatic rings. The van der Waals surface area contributed by atoms with E-state index in [1.54, 1.807) is 91.3 Å². The summed E-state index contributed by atoms with van der Waals surface area (Å²) in [4.78, 5) is 52.5. The maximum absolute atomic E-state index is 12.8. The molecule has 0 atom stereocenters. The van der Waals surface area contributed by atoms with Gasteiger partial charge in [-0.25, -0.2) is 33.1 Å². The van der Waals surface area contributed by atoms with Crippen molar-refractivity contribution in [3.8, 4) is 33.3 Å². The number of aromatic nitrogens is 8. The Labute approximate surface area is 460 Å². The molecule has 0 unspecified atom stereocenters. The zero-order chi connectivity index (χ0) is 52.9. The van der Waals surface area contributed by atoms with Crippen LogP contribution in [-0.4, -0.2) is 93.0 Å². The molecule has 6 N–H and O–H groups in total. The second-order valence-corrected chi connectivity index (χ2v) is 21.7. The highest BCUT2D eigenvalue weighted by molar-refractivity contribution is 7.13. The van der Waals surface area contributed by atoms with Crippen LogP contribution in [-0.2, 0) is 38.9 Å². The third-order valence-corrected chi connectivity index (χ3v) is 15.7. The first-order chi connectivity index (χ1) is 36.8. The summed E-state index contributed by atoms with van der Waals surface area (Å²) in [5, 5.41) is 38.9. The molecule has 0 spiro atoms. The van der Waals surface area contributed by atoms with Crippen molar-refractivity contribution in [2.75, 3.05) is 35.6 Å². The molecule has 390 valence electrons. The van der Waals surface area contributed by atoms with Crippen molar-refractivity contribution in [3.63, 3.8) is 0 Å². The SMILES string of the molecule is Cc1nc(-c2n[nH]c3c2CN(C(=O)Nc2cccc(Cl)c2)CC3)cs1.O=C(Nc1cccc(Cl)c1)N1CCc2[nH]nc(-c3cccs3)c2C1.O=C(Nc1cccc(Cl)c1)N1CCc2[nH]nc(-c3csc(C(F)F)n3)c2C1. The summed E-state index contributed by atoms with van der Waals surface area (Å²) in [6, 6.07) is 24.7. The quantitative estimate of drug-likeness (QED) is 0.0902. The molecule has 9 heterocycles. The standard InChI is InChI=1S/C17H14ClF2N5OS.C17H16ClN5OS.C17H15ClN4OS/c18-9-2-1-3-10(6-9)21-17(26)25-5-4-12-11(7-25)14(24-23-12)13-8-27-16(22-13)15(19)20;1-10-19-15(9-25-10)16-13-8-23(6-5-14(13)21-22-16)17(24)20-12-4-2-3-11(18)7-12;18-11-3-1-4-12(9-11)19-17(23)22-7-6-14-13(10-22)16(21-20-14)15-5-2-8-24-15/h1-3,6,8,15H,4-5,7H2,(H,21,26)(H,23,24);2-4,7,9H,5-6,8H2,1H3,(H,20,24)(H,21,22);1-5,8-9H,6-7,10H2,(H,19,23)(H,20,21). The number of fused-ring (bicyclic) bond motifs is 3. The number of benzene rings is 3. The first-order valence-electron chi connectivity index (χ1n) is 23.6. The van der Waals surface area contributed by atoms with Crippen molar-refractivity contribution >= 4 is 104 Å². The number of thiazole rings is 2. The lowest BCUT2D eigenvalue weighted by molar-refractivity contribution is 0.151. The van der Waals surface area contributed by atoms with Gasteiger partial charge in [0.25, 0.3) is 6.43 Å². The Balaban J connectivity index is 0.000000130. The fraction of sp³-hybridized carbons (Fsp3) is 0.216. The molecule has 0 bridgehead atoms. The van der Waals surface area contributed by atoms with E-state index in [1.807, 2.05) is 54.1 Å². The van der Waals surface area contributed by atoms with Crippen LogP contribution in [0.3, 0.4) is 0 Å². The number of hydrogen-bond donors (Lipinski definition) is 6. The van der Waals surface area contributed by atoms with Gasteiger partial charge < -0.3 is 30.7 Å². The number of carbonyl (C=O) groups is 3. The number of nitrogens with zero attached hydrogens (tertiary/aromatic N) is 8. The molecule has 76 heavy (non-hydrogen) atoms. The van der Waals surface area contributed by atoms with E-state index in [9.17, 15) is 23.2 Å². The summed E-state index contributed by atoms with van der Waals surface area (Å²) < 4.78 is 25.6. The summed E-state index contributed by atoms with van der Waals surface area (Å²) in [5.74, 6) is 0. The maximum atomic E-state index is 12.8. The van der Waals surface area contributed by atoms with Crippen LogP contribution < -0.4 is 16.0 Å². The third kappa shape index (κ3) is 12.2. The lowest BCUT2D eigenvalue weighted by Crippen LogP contribution is -2.38. The van der Waals surface area contributed by atoms with E-state index < -0.39 is 6.43 Å². The summed E-state index contributed by atoms with van der Waals surface area (Å²) in [5.41, 5.74) is 11.6. The number of nitrogens with one attached hydrogen (secondary N) is 6. The van der Waals surface area contributed by atoms with Crippen LogP contribution in [0.15, 0.2) is 101 Å². The van der Waals surface area contributed by atoms with Crippen molar-refractivity contribution in [2.45, 2.75) is 52.2 Å². The molecular formula is C51H45Cl3F2N14O3S3. The average Bonchev–Trinajstić information content (AvgIpc) is 4.29. The number of halogens is 5. The second kappa shape index (κ2) is 23.4. The van der Waals surface area contributed by atoms with E-state index in [1.165, 1.54) is 0 Å². The number of alkyl halides is 2. The normalized spacial score (nSPS) is 13.6. The van der Waals surface area contributed by atoms with Gasteiger partial charge in [-0.1, -0.05) is 59.1 Å².